The van der Waals surface area contributed by atoms with Gasteiger partial charge in [-0.25, -0.2) is 0 Å². The smallest absolute Gasteiger partial charge is 0.279 e. The van der Waals surface area contributed by atoms with Gasteiger partial charge in [-0.3, -0.25) is 14.3 Å². The maximum Gasteiger partial charge on any atom is 0.333 e. The van der Waals surface area contributed by atoms with E-state index in [1.807, 2.05) is 6.07 Å². The normalized spacial score (nSPS) is 34.6. The molecule has 1 aromatic rings. The Morgan fingerprint density at radius 1 is 1.27 bits per heavy atom. The van der Waals surface area contributed by atoms with Gasteiger partial charge >= 0.3 is 5.25 Å². The zero-order valence-corrected chi connectivity index (χ0v) is 9.51. The predicted molar refractivity (Wildman–Crippen MR) is 55.6 cm³/mol. The SMILES string of the molecule is O=C(Cl)C1(Cl)O[13C](Cl)(c2ccccc2)[18O]1. The molecule has 1 saturated heterocycles. The van der Waals surface area contributed by atoms with Crippen LogP contribution < -0.4 is 0 Å². The molecule has 1 aromatic carbocycles. The maximum atomic E-state index is 10.8. The highest BCUT2D eigenvalue weighted by Crippen LogP contribution is 2.51. The molecular formula is C9H5Cl3O3. The monoisotopic (exact) mass is 269 g/mol. The highest BCUT2D eigenvalue weighted by atomic mass is 35.5. The van der Waals surface area contributed by atoms with Crippen molar-refractivity contribution in [3.05, 3.63) is 35.9 Å². The number of carbonyl (C=O) groups excluding carboxylic acids is 1. The minimum Gasteiger partial charge on any atom is -0.279 e. The Labute approximate surface area is 101 Å². The van der Waals surface area contributed by atoms with Crippen LogP contribution in [0.5, 0.6) is 0 Å². The summed E-state index contributed by atoms with van der Waals surface area (Å²) in [5.41, 5.74) is 0.542. The van der Waals surface area contributed by atoms with Crippen molar-refractivity contribution >= 4 is 40.0 Å². The molecule has 1 aliphatic heterocycles. The summed E-state index contributed by atoms with van der Waals surface area (Å²) in [7, 11) is 0. The van der Waals surface area contributed by atoms with E-state index in [9.17, 15) is 4.79 Å². The van der Waals surface area contributed by atoms with Crippen LogP contribution in [0.15, 0.2) is 30.3 Å². The van der Waals surface area contributed by atoms with Crippen LogP contribution >= 0.6 is 34.8 Å². The van der Waals surface area contributed by atoms with Crippen molar-refractivity contribution < 1.29 is 14.3 Å². The molecular weight excluding hydrogens is 265 g/mol. The minimum absolute atomic E-state index is 0.542. The van der Waals surface area contributed by atoms with Crippen LogP contribution in [0.2, 0.25) is 0 Å². The van der Waals surface area contributed by atoms with E-state index in [-0.39, 0.29) is 0 Å². The van der Waals surface area contributed by atoms with E-state index in [0.29, 0.717) is 5.56 Å². The number of halogens is 3. The fourth-order valence-corrected chi connectivity index (χ4v) is 1.90. The Hall–Kier alpha value is -0.320. The quantitative estimate of drug-likeness (QED) is 0.359. The van der Waals surface area contributed by atoms with Gasteiger partial charge in [0.1, 0.15) is 0 Å². The van der Waals surface area contributed by atoms with Crippen molar-refractivity contribution in [2.24, 2.45) is 0 Å². The highest BCUT2D eigenvalue weighted by molar-refractivity contribution is 6.70. The number of rotatable bonds is 2. The van der Waals surface area contributed by atoms with Gasteiger partial charge < -0.3 is 0 Å². The van der Waals surface area contributed by atoms with Gasteiger partial charge in [0.25, 0.3) is 10.5 Å². The van der Waals surface area contributed by atoms with Crippen molar-refractivity contribution in [1.82, 2.24) is 0 Å². The van der Waals surface area contributed by atoms with Crippen LogP contribution in [0.4, 0.5) is 0 Å². The second-order valence-electron chi connectivity index (χ2n) is 2.92. The van der Waals surface area contributed by atoms with Crippen LogP contribution in [0, 0.1) is 0 Å². The van der Waals surface area contributed by atoms with Crippen molar-refractivity contribution in [2.75, 3.05) is 0 Å². The van der Waals surface area contributed by atoms with E-state index in [0.717, 1.165) is 0 Å². The molecule has 1 heterocycles. The molecule has 15 heavy (non-hydrogen) atoms. The Morgan fingerprint density at radius 3 is 2.27 bits per heavy atom. The summed E-state index contributed by atoms with van der Waals surface area (Å²) in [6.07, 6.45) is 0. The summed E-state index contributed by atoms with van der Waals surface area (Å²) in [6, 6.07) is 8.68. The van der Waals surface area contributed by atoms with E-state index in [1.165, 1.54) is 0 Å². The molecule has 2 unspecified atom stereocenters. The molecule has 0 N–H and O–H groups in total. The Balaban J connectivity index is 2.19. The lowest BCUT2D eigenvalue weighted by atomic mass is 10.3. The van der Waals surface area contributed by atoms with Crippen LogP contribution in [0.25, 0.3) is 0 Å². The Bertz CT molecular complexity index is 387. The highest BCUT2D eigenvalue weighted by Gasteiger charge is 2.61. The zero-order valence-electron chi connectivity index (χ0n) is 7.25. The fraction of sp³-hybridized carbons (Fsp3) is 0.222. The molecule has 0 aromatic heterocycles. The maximum absolute atomic E-state index is 10.8. The van der Waals surface area contributed by atoms with Gasteiger partial charge in [-0.15, -0.1) is 0 Å². The van der Waals surface area contributed by atoms with E-state index >= 15 is 0 Å². The van der Waals surface area contributed by atoms with Gasteiger partial charge in [0.2, 0.25) is 0 Å². The van der Waals surface area contributed by atoms with Gasteiger partial charge in [-0.05, 0) is 23.2 Å². The summed E-state index contributed by atoms with van der Waals surface area (Å²) in [4.78, 5) is 10.8. The van der Waals surface area contributed by atoms with Crippen LogP contribution in [0.3, 0.4) is 0 Å². The van der Waals surface area contributed by atoms with Gasteiger partial charge in [-0.1, -0.05) is 41.9 Å². The number of hydrogen-bond donors (Lipinski definition) is 0. The first-order chi connectivity index (χ1) is 6.96. The van der Waals surface area contributed by atoms with Gasteiger partial charge in [0, 0.05) is 5.56 Å². The number of ether oxygens (including phenoxy) is 2. The first kappa shape index (κ1) is 11.2. The third-order valence-corrected chi connectivity index (χ3v) is 2.92. The molecule has 1 aliphatic rings. The predicted octanol–water partition coefficient (Wildman–Crippen LogP) is 2.74. The molecule has 1 fully saturated rings. The molecule has 2 atom stereocenters. The topological polar surface area (TPSA) is 35.5 Å². The molecule has 6 heteroatoms. The van der Waals surface area contributed by atoms with E-state index < -0.39 is 15.7 Å². The first-order valence-corrected chi connectivity index (χ1v) is 5.13. The molecule has 0 spiro atoms. The van der Waals surface area contributed by atoms with Crippen molar-refractivity contribution in [3.63, 3.8) is 0 Å². The molecule has 0 aliphatic carbocycles. The van der Waals surface area contributed by atoms with Gasteiger partial charge in [0.15, 0.2) is 0 Å². The summed E-state index contributed by atoms with van der Waals surface area (Å²) in [6.45, 7) is 0. The van der Waals surface area contributed by atoms with E-state index in [2.05, 4.69) is 0 Å². The Morgan fingerprint density at radius 2 is 1.80 bits per heavy atom. The average Bonchev–Trinajstić information content (AvgIpc) is 2.16. The number of carbonyl (C=O) groups is 1. The molecule has 3 nitrogen and oxygen atoms in total. The molecule has 80 valence electrons. The van der Waals surface area contributed by atoms with Crippen molar-refractivity contribution in [2.45, 2.75) is 10.5 Å². The molecule has 2 rings (SSSR count). The summed E-state index contributed by atoms with van der Waals surface area (Å²) >= 11 is 16.6. The van der Waals surface area contributed by atoms with E-state index in [1.54, 1.807) is 24.3 Å². The van der Waals surface area contributed by atoms with Crippen LogP contribution in [-0.4, -0.2) is 10.5 Å². The van der Waals surface area contributed by atoms with Crippen LogP contribution in [0.1, 0.15) is 5.56 Å². The third-order valence-electron chi connectivity index (χ3n) is 1.88. The second-order valence-corrected chi connectivity index (χ2v) is 4.25. The number of alkyl halides is 2. The molecule has 0 radical (unpaired) electrons. The van der Waals surface area contributed by atoms with Crippen molar-refractivity contribution in [1.29, 1.82) is 0 Å². The van der Waals surface area contributed by atoms with Gasteiger partial charge in [0.05, 0.1) is 0 Å². The second kappa shape index (κ2) is 3.61. The van der Waals surface area contributed by atoms with Crippen molar-refractivity contribution in [3.8, 4) is 0 Å². The number of hydrogen-bond acceptors (Lipinski definition) is 3. The summed E-state index contributed by atoms with van der Waals surface area (Å²) < 4.78 is 9.98. The number of benzene rings is 1. The fourth-order valence-electron chi connectivity index (χ4n) is 1.18. The van der Waals surface area contributed by atoms with Crippen LogP contribution in [-0.2, 0) is 19.5 Å². The van der Waals surface area contributed by atoms with E-state index in [4.69, 9.17) is 44.3 Å². The molecule has 0 bridgehead atoms. The van der Waals surface area contributed by atoms with Gasteiger partial charge in [-0.2, -0.15) is 0 Å². The lowest BCUT2D eigenvalue weighted by Gasteiger charge is -2.45. The lowest BCUT2D eigenvalue weighted by molar-refractivity contribution is -0.422. The average molecular weight is 270 g/mol. The summed E-state index contributed by atoms with van der Waals surface area (Å²) in [5, 5.41) is -4.47. The third kappa shape index (κ3) is 1.86. The minimum atomic E-state index is -1.97. The molecule has 0 saturated carbocycles. The first-order valence-electron chi connectivity index (χ1n) is 4.00. The zero-order chi connectivity index (χ0) is 11.1. The lowest BCUT2D eigenvalue weighted by Crippen LogP contribution is -2.57. The Kier molecular flexibility index (Phi) is 2.69. The standard InChI is InChI=1S/C9H5Cl3O3/c10-7(13)9(12)14-8(11,15-9)6-4-2-1-3-5-6/h1-5H/i8+1,14+2. The largest absolute Gasteiger partial charge is 0.333 e. The summed E-state index contributed by atoms with van der Waals surface area (Å²) in [5.74, 6) is 0. The molecule has 0 amide bonds.